The maximum Gasteiger partial charge on any atom is 0.333 e. The predicted molar refractivity (Wildman–Crippen MR) is 129 cm³/mol. The summed E-state index contributed by atoms with van der Waals surface area (Å²) in [5, 5.41) is 10.2. The van der Waals surface area contributed by atoms with Crippen LogP contribution in [0.1, 0.15) is 55.1 Å². The highest BCUT2D eigenvalue weighted by atomic mass is 16.5. The van der Waals surface area contributed by atoms with E-state index in [1.165, 1.54) is 6.42 Å². The molecule has 2 aromatic heterocycles. The Bertz CT molecular complexity index is 1120. The van der Waals surface area contributed by atoms with Gasteiger partial charge < -0.3 is 19.1 Å². The smallest absolute Gasteiger partial charge is 0.333 e. The van der Waals surface area contributed by atoms with Crippen molar-refractivity contribution in [2.45, 2.75) is 58.1 Å². The number of nitrogens with zero attached hydrogens (tertiary/aromatic N) is 2. The molecule has 1 aromatic carbocycles. The average molecular weight is 465 g/mol. The summed E-state index contributed by atoms with van der Waals surface area (Å²) in [5.74, 6) is 0.0239. The number of carboxylic acids is 1. The first-order chi connectivity index (χ1) is 16.5. The van der Waals surface area contributed by atoms with Gasteiger partial charge in [0.15, 0.2) is 11.9 Å². The zero-order valence-electron chi connectivity index (χ0n) is 19.6. The molecule has 1 atom stereocenters. The Morgan fingerprint density at radius 2 is 1.85 bits per heavy atom. The van der Waals surface area contributed by atoms with E-state index in [0.717, 1.165) is 42.3 Å². The first-order valence-corrected chi connectivity index (χ1v) is 12.1. The Balaban J connectivity index is 1.35. The lowest BCUT2D eigenvalue weighted by Crippen LogP contribution is -2.26. The van der Waals surface area contributed by atoms with Gasteiger partial charge in [-0.25, -0.2) is 9.78 Å². The standard InChI is InChI=1S/C27H32N2O5/c1-2-33-24(27(31)32)18-19-8-11-22(12-9-19)34-17-16-29-15-14-21-10-13-23(28-26(21)29)25(30)20-6-4-3-5-7-20/h8-15,20,24H,2-7,16-18H2,1H3,(H,31,32)/t24-/m0/s1. The molecule has 0 amide bonds. The second-order valence-corrected chi connectivity index (χ2v) is 8.80. The number of ether oxygens (including phenoxy) is 2. The van der Waals surface area contributed by atoms with Crippen molar-refractivity contribution >= 4 is 22.8 Å². The molecule has 0 unspecified atom stereocenters. The first-order valence-electron chi connectivity index (χ1n) is 12.1. The molecule has 3 aromatic rings. The van der Waals surface area contributed by atoms with Gasteiger partial charge >= 0.3 is 5.97 Å². The predicted octanol–water partition coefficient (Wildman–Crippen LogP) is 4.91. The van der Waals surface area contributed by atoms with E-state index in [-0.39, 0.29) is 11.7 Å². The molecule has 0 radical (unpaired) electrons. The van der Waals surface area contributed by atoms with Gasteiger partial charge in [-0.1, -0.05) is 31.4 Å². The number of hydrogen-bond donors (Lipinski definition) is 1. The van der Waals surface area contributed by atoms with Gasteiger partial charge in [0.2, 0.25) is 0 Å². The summed E-state index contributed by atoms with van der Waals surface area (Å²) in [6.45, 7) is 3.19. The van der Waals surface area contributed by atoms with Gasteiger partial charge in [-0.15, -0.1) is 0 Å². The zero-order chi connectivity index (χ0) is 23.9. The van der Waals surface area contributed by atoms with Crippen LogP contribution in [0, 0.1) is 5.92 Å². The number of ketones is 1. The van der Waals surface area contributed by atoms with Crippen LogP contribution >= 0.6 is 0 Å². The van der Waals surface area contributed by atoms with E-state index < -0.39 is 12.1 Å². The second kappa shape index (κ2) is 11.3. The summed E-state index contributed by atoms with van der Waals surface area (Å²) in [6, 6.07) is 13.2. The van der Waals surface area contributed by atoms with Crippen LogP contribution in [-0.2, 0) is 22.5 Å². The number of aromatic nitrogens is 2. The Labute approximate surface area is 199 Å². The molecule has 2 heterocycles. The third-order valence-corrected chi connectivity index (χ3v) is 6.43. The fraction of sp³-hybridized carbons (Fsp3) is 0.444. The fourth-order valence-corrected chi connectivity index (χ4v) is 4.57. The maximum atomic E-state index is 12.9. The summed E-state index contributed by atoms with van der Waals surface area (Å²) < 4.78 is 13.2. The molecular formula is C27H32N2O5. The Kier molecular flexibility index (Phi) is 7.95. The quantitative estimate of drug-likeness (QED) is 0.406. The lowest BCUT2D eigenvalue weighted by Gasteiger charge is -2.19. The van der Waals surface area contributed by atoms with Crippen LogP contribution in [0.5, 0.6) is 5.75 Å². The lowest BCUT2D eigenvalue weighted by atomic mass is 9.85. The van der Waals surface area contributed by atoms with E-state index in [0.29, 0.717) is 37.6 Å². The minimum atomic E-state index is -0.960. The van der Waals surface area contributed by atoms with Gasteiger partial charge in [-0.05, 0) is 55.7 Å². The van der Waals surface area contributed by atoms with Crippen LogP contribution in [0.25, 0.3) is 11.0 Å². The lowest BCUT2D eigenvalue weighted by molar-refractivity contribution is -0.149. The van der Waals surface area contributed by atoms with Crippen molar-refractivity contribution in [1.29, 1.82) is 0 Å². The number of carbonyl (C=O) groups is 2. The molecule has 1 saturated carbocycles. The largest absolute Gasteiger partial charge is 0.492 e. The van der Waals surface area contributed by atoms with Crippen molar-refractivity contribution in [2.75, 3.05) is 13.2 Å². The normalized spacial score (nSPS) is 15.3. The number of Topliss-reactive ketones (excluding diaryl/α,β-unsaturated/α-hetero) is 1. The van der Waals surface area contributed by atoms with Crippen LogP contribution in [0.3, 0.4) is 0 Å². The van der Waals surface area contributed by atoms with Gasteiger partial charge in [0, 0.05) is 30.5 Å². The summed E-state index contributed by atoms with van der Waals surface area (Å²) >= 11 is 0. The topological polar surface area (TPSA) is 90.7 Å². The number of benzene rings is 1. The van der Waals surface area contributed by atoms with E-state index in [2.05, 4.69) is 0 Å². The van der Waals surface area contributed by atoms with Gasteiger partial charge in [-0.3, -0.25) is 4.79 Å². The third kappa shape index (κ3) is 5.83. The highest BCUT2D eigenvalue weighted by Gasteiger charge is 2.23. The van der Waals surface area contributed by atoms with Gasteiger partial charge in [-0.2, -0.15) is 0 Å². The molecule has 1 aliphatic rings. The summed E-state index contributed by atoms with van der Waals surface area (Å²) in [6.07, 6.45) is 6.84. The zero-order valence-corrected chi connectivity index (χ0v) is 19.6. The molecule has 1 N–H and O–H groups in total. The molecular weight excluding hydrogens is 432 g/mol. The van der Waals surface area contributed by atoms with E-state index in [1.807, 2.05) is 53.2 Å². The van der Waals surface area contributed by atoms with E-state index in [4.69, 9.17) is 14.5 Å². The maximum absolute atomic E-state index is 12.9. The molecule has 0 bridgehead atoms. The number of aliphatic carboxylic acids is 1. The SMILES string of the molecule is CCO[C@@H](Cc1ccc(OCCn2ccc3ccc(C(=O)C4CCCCC4)nc32)cc1)C(=O)O. The number of carbonyl (C=O) groups excluding carboxylic acids is 1. The Morgan fingerprint density at radius 1 is 1.09 bits per heavy atom. The van der Waals surface area contributed by atoms with Crippen LogP contribution in [0.15, 0.2) is 48.7 Å². The molecule has 0 aliphatic heterocycles. The van der Waals surface area contributed by atoms with Crippen molar-refractivity contribution in [3.63, 3.8) is 0 Å². The summed E-state index contributed by atoms with van der Waals surface area (Å²) in [4.78, 5) is 28.9. The van der Waals surface area contributed by atoms with Gasteiger partial charge in [0.25, 0.3) is 0 Å². The highest BCUT2D eigenvalue weighted by Crippen LogP contribution is 2.27. The van der Waals surface area contributed by atoms with Crippen molar-refractivity contribution in [2.24, 2.45) is 5.92 Å². The Morgan fingerprint density at radius 3 is 2.56 bits per heavy atom. The molecule has 34 heavy (non-hydrogen) atoms. The molecule has 1 fully saturated rings. The van der Waals surface area contributed by atoms with Crippen LogP contribution in [0.4, 0.5) is 0 Å². The monoisotopic (exact) mass is 464 g/mol. The average Bonchev–Trinajstić information content (AvgIpc) is 3.27. The second-order valence-electron chi connectivity index (χ2n) is 8.80. The van der Waals surface area contributed by atoms with Crippen molar-refractivity contribution in [3.8, 4) is 5.75 Å². The van der Waals surface area contributed by atoms with Gasteiger partial charge in [0.1, 0.15) is 23.7 Å². The molecule has 0 spiro atoms. The van der Waals surface area contributed by atoms with E-state index in [1.54, 1.807) is 6.92 Å². The molecule has 7 heteroatoms. The number of rotatable bonds is 11. The third-order valence-electron chi connectivity index (χ3n) is 6.43. The minimum Gasteiger partial charge on any atom is -0.492 e. The van der Waals surface area contributed by atoms with Gasteiger partial charge in [0.05, 0.1) is 6.54 Å². The van der Waals surface area contributed by atoms with Crippen molar-refractivity contribution in [1.82, 2.24) is 9.55 Å². The first kappa shape index (κ1) is 24.0. The van der Waals surface area contributed by atoms with Crippen LogP contribution in [-0.4, -0.2) is 45.7 Å². The highest BCUT2D eigenvalue weighted by molar-refractivity contribution is 5.97. The molecule has 180 valence electrons. The molecule has 0 saturated heterocycles. The molecule has 1 aliphatic carbocycles. The summed E-state index contributed by atoms with van der Waals surface area (Å²) in [7, 11) is 0. The van der Waals surface area contributed by atoms with Crippen molar-refractivity contribution in [3.05, 3.63) is 59.9 Å². The van der Waals surface area contributed by atoms with E-state index in [9.17, 15) is 14.7 Å². The fourth-order valence-electron chi connectivity index (χ4n) is 4.57. The number of carboxylic acid groups (broad SMARTS) is 1. The van der Waals surface area contributed by atoms with Crippen molar-refractivity contribution < 1.29 is 24.2 Å². The minimum absolute atomic E-state index is 0.104. The van der Waals surface area contributed by atoms with Crippen LogP contribution in [0.2, 0.25) is 0 Å². The van der Waals surface area contributed by atoms with Crippen LogP contribution < -0.4 is 4.74 Å². The molecule has 7 nitrogen and oxygen atoms in total. The summed E-state index contributed by atoms with van der Waals surface area (Å²) in [5.41, 5.74) is 2.24. The molecule has 4 rings (SSSR count). The number of fused-ring (bicyclic) bond motifs is 1. The number of pyridine rings is 1. The number of hydrogen-bond acceptors (Lipinski definition) is 5. The van der Waals surface area contributed by atoms with E-state index >= 15 is 0 Å². The Hall–Kier alpha value is -3.19.